The normalized spacial score (nSPS) is 11.5. The first-order chi connectivity index (χ1) is 7.13. The lowest BCUT2D eigenvalue weighted by Gasteiger charge is -2.13. The maximum atomic E-state index is 9.28. The predicted octanol–water partition coefficient (Wildman–Crippen LogP) is 3.37. The fraction of sp³-hybridized carbons (Fsp3) is 0.333. The molecule has 2 aromatic rings. The van der Waals surface area contributed by atoms with Gasteiger partial charge in [-0.25, -0.2) is 0 Å². The molecule has 0 aliphatic heterocycles. The predicted molar refractivity (Wildman–Crippen MR) is 63.3 cm³/mol. The lowest BCUT2D eigenvalue weighted by atomic mass is 10.2. The van der Waals surface area contributed by atoms with Crippen LogP contribution >= 0.6 is 11.6 Å². The molecule has 0 atom stereocenters. The Labute approximate surface area is 94.1 Å². The summed E-state index contributed by atoms with van der Waals surface area (Å²) < 4.78 is 2.11. The molecule has 3 heteroatoms. The molecule has 0 fully saturated rings. The number of aliphatic hydroxyl groups excluding tert-OH is 1. The van der Waals surface area contributed by atoms with Crippen LogP contribution in [0.15, 0.2) is 24.3 Å². The second-order valence-corrected chi connectivity index (χ2v) is 4.40. The smallest absolute Gasteiger partial charge is 0.0833 e. The van der Waals surface area contributed by atoms with E-state index in [1.54, 1.807) is 0 Å². The van der Waals surface area contributed by atoms with Crippen molar-refractivity contribution >= 4 is 22.5 Å². The highest BCUT2D eigenvalue weighted by Crippen LogP contribution is 2.26. The summed E-state index contributed by atoms with van der Waals surface area (Å²) in [7, 11) is 0. The van der Waals surface area contributed by atoms with Crippen LogP contribution in [-0.2, 0) is 6.61 Å². The van der Waals surface area contributed by atoms with Crippen molar-refractivity contribution in [2.45, 2.75) is 26.5 Å². The van der Waals surface area contributed by atoms with E-state index in [2.05, 4.69) is 18.4 Å². The number of fused-ring (bicyclic) bond motifs is 1. The van der Waals surface area contributed by atoms with E-state index in [1.807, 2.05) is 24.3 Å². The summed E-state index contributed by atoms with van der Waals surface area (Å²) in [5.41, 5.74) is 2.02. The number of hydrogen-bond donors (Lipinski definition) is 1. The van der Waals surface area contributed by atoms with E-state index in [4.69, 9.17) is 11.6 Å². The fourth-order valence-electron chi connectivity index (χ4n) is 1.98. The van der Waals surface area contributed by atoms with E-state index in [1.165, 1.54) is 0 Å². The summed E-state index contributed by atoms with van der Waals surface area (Å²) in [6.07, 6.45) is 0. The molecule has 1 aromatic carbocycles. The molecule has 0 saturated heterocycles. The van der Waals surface area contributed by atoms with Crippen LogP contribution < -0.4 is 0 Å². The number of aliphatic hydroxyl groups is 1. The summed E-state index contributed by atoms with van der Waals surface area (Å²) in [5.74, 6) is 0. The highest BCUT2D eigenvalue weighted by molar-refractivity contribution is 6.31. The molecule has 0 saturated carbocycles. The first kappa shape index (κ1) is 10.5. The Morgan fingerprint density at radius 2 is 2.07 bits per heavy atom. The molecule has 80 valence electrons. The highest BCUT2D eigenvalue weighted by Gasteiger charge is 2.10. The SMILES string of the molecule is CC(C)n1c(CO)cc2ccc(Cl)cc21. The number of benzene rings is 1. The third kappa shape index (κ3) is 1.75. The van der Waals surface area contributed by atoms with Gasteiger partial charge in [0.2, 0.25) is 0 Å². The second-order valence-electron chi connectivity index (χ2n) is 3.96. The van der Waals surface area contributed by atoms with Crippen LogP contribution in [0, 0.1) is 0 Å². The third-order valence-electron chi connectivity index (χ3n) is 2.56. The maximum Gasteiger partial charge on any atom is 0.0833 e. The Kier molecular flexibility index (Phi) is 2.72. The zero-order valence-electron chi connectivity index (χ0n) is 8.87. The van der Waals surface area contributed by atoms with Crippen molar-refractivity contribution < 1.29 is 5.11 Å². The van der Waals surface area contributed by atoms with E-state index < -0.39 is 0 Å². The van der Waals surface area contributed by atoms with E-state index in [0.717, 1.165) is 21.6 Å². The Balaban J connectivity index is 2.76. The van der Waals surface area contributed by atoms with E-state index >= 15 is 0 Å². The number of nitrogens with zero attached hydrogens (tertiary/aromatic N) is 1. The van der Waals surface area contributed by atoms with Crippen LogP contribution in [0.1, 0.15) is 25.6 Å². The van der Waals surface area contributed by atoms with Gasteiger partial charge in [-0.2, -0.15) is 0 Å². The maximum absolute atomic E-state index is 9.28. The molecule has 2 rings (SSSR count). The summed E-state index contributed by atoms with van der Waals surface area (Å²) in [5, 5.41) is 11.1. The van der Waals surface area contributed by atoms with Crippen molar-refractivity contribution in [1.29, 1.82) is 0 Å². The molecule has 1 heterocycles. The largest absolute Gasteiger partial charge is 0.390 e. The molecule has 0 bridgehead atoms. The molecule has 0 amide bonds. The van der Waals surface area contributed by atoms with Crippen molar-refractivity contribution in [1.82, 2.24) is 4.57 Å². The molecule has 0 unspecified atom stereocenters. The van der Waals surface area contributed by atoms with Crippen LogP contribution in [0.2, 0.25) is 5.02 Å². The molecule has 15 heavy (non-hydrogen) atoms. The Hall–Kier alpha value is -0.990. The minimum absolute atomic E-state index is 0.0600. The van der Waals surface area contributed by atoms with Crippen molar-refractivity contribution in [2.75, 3.05) is 0 Å². The topological polar surface area (TPSA) is 25.2 Å². The van der Waals surface area contributed by atoms with Gasteiger partial charge in [0, 0.05) is 22.1 Å². The van der Waals surface area contributed by atoms with Gasteiger partial charge in [0.1, 0.15) is 0 Å². The van der Waals surface area contributed by atoms with Gasteiger partial charge in [-0.05, 0) is 32.0 Å². The average Bonchev–Trinajstić information content (AvgIpc) is 2.55. The number of hydrogen-bond acceptors (Lipinski definition) is 1. The minimum Gasteiger partial charge on any atom is -0.390 e. The van der Waals surface area contributed by atoms with Crippen LogP contribution in [0.5, 0.6) is 0 Å². The van der Waals surface area contributed by atoms with Crippen molar-refractivity contribution in [3.8, 4) is 0 Å². The van der Waals surface area contributed by atoms with Gasteiger partial charge in [-0.1, -0.05) is 17.7 Å². The van der Waals surface area contributed by atoms with Crippen molar-refractivity contribution in [2.24, 2.45) is 0 Å². The van der Waals surface area contributed by atoms with E-state index in [-0.39, 0.29) is 6.61 Å². The molecule has 0 aliphatic rings. The van der Waals surface area contributed by atoms with Crippen molar-refractivity contribution in [3.63, 3.8) is 0 Å². The average molecular weight is 224 g/mol. The van der Waals surface area contributed by atoms with Crippen LogP contribution in [0.3, 0.4) is 0 Å². The summed E-state index contributed by atoms with van der Waals surface area (Å²) >= 11 is 5.97. The molecular formula is C12H14ClNO. The van der Waals surface area contributed by atoms with Gasteiger partial charge >= 0.3 is 0 Å². The summed E-state index contributed by atoms with van der Waals surface area (Å²) in [4.78, 5) is 0. The van der Waals surface area contributed by atoms with E-state index in [9.17, 15) is 5.11 Å². The Morgan fingerprint density at radius 1 is 1.33 bits per heavy atom. The molecule has 1 N–H and O–H groups in total. The minimum atomic E-state index is 0.0600. The molecule has 2 nitrogen and oxygen atoms in total. The van der Waals surface area contributed by atoms with Gasteiger partial charge in [0.15, 0.2) is 0 Å². The Morgan fingerprint density at radius 3 is 2.67 bits per heavy atom. The quantitative estimate of drug-likeness (QED) is 0.830. The van der Waals surface area contributed by atoms with Crippen LogP contribution in [0.25, 0.3) is 10.9 Å². The molecule has 1 aromatic heterocycles. The zero-order chi connectivity index (χ0) is 11.0. The van der Waals surface area contributed by atoms with Crippen LogP contribution in [-0.4, -0.2) is 9.67 Å². The number of rotatable bonds is 2. The summed E-state index contributed by atoms with van der Waals surface area (Å²) in [6, 6.07) is 8.12. The molecule has 0 aliphatic carbocycles. The second kappa shape index (κ2) is 3.87. The standard InChI is InChI=1S/C12H14ClNO/c1-8(2)14-11(7-15)5-9-3-4-10(13)6-12(9)14/h3-6,8,15H,7H2,1-2H3. The lowest BCUT2D eigenvalue weighted by Crippen LogP contribution is -2.04. The molecule has 0 spiro atoms. The Bertz CT molecular complexity index is 488. The highest BCUT2D eigenvalue weighted by atomic mass is 35.5. The molecular weight excluding hydrogens is 210 g/mol. The first-order valence-corrected chi connectivity index (χ1v) is 5.41. The van der Waals surface area contributed by atoms with Crippen LogP contribution in [0.4, 0.5) is 0 Å². The van der Waals surface area contributed by atoms with E-state index in [0.29, 0.717) is 6.04 Å². The van der Waals surface area contributed by atoms with Gasteiger partial charge < -0.3 is 9.67 Å². The fourth-order valence-corrected chi connectivity index (χ4v) is 2.15. The third-order valence-corrected chi connectivity index (χ3v) is 2.80. The van der Waals surface area contributed by atoms with Gasteiger partial charge in [-0.3, -0.25) is 0 Å². The summed E-state index contributed by atoms with van der Waals surface area (Å²) in [6.45, 7) is 4.25. The lowest BCUT2D eigenvalue weighted by molar-refractivity contribution is 0.269. The molecule has 0 radical (unpaired) electrons. The number of halogens is 1. The zero-order valence-corrected chi connectivity index (χ0v) is 9.62. The van der Waals surface area contributed by atoms with Gasteiger partial charge in [0.25, 0.3) is 0 Å². The van der Waals surface area contributed by atoms with Crippen molar-refractivity contribution in [3.05, 3.63) is 35.0 Å². The van der Waals surface area contributed by atoms with Gasteiger partial charge in [0.05, 0.1) is 12.1 Å². The van der Waals surface area contributed by atoms with Gasteiger partial charge in [-0.15, -0.1) is 0 Å². The first-order valence-electron chi connectivity index (χ1n) is 5.03. The monoisotopic (exact) mass is 223 g/mol. The number of aromatic nitrogens is 1.